The van der Waals surface area contributed by atoms with Gasteiger partial charge in [-0.05, 0) is 0 Å². The fourth-order valence-corrected chi connectivity index (χ4v) is 0.0618. The molecule has 0 amide bonds. The Morgan fingerprint density at radius 1 is 1.33 bits per heavy atom. The Balaban J connectivity index is 0.000000250. The SMILES string of the molecule is O.O=c1ooo1. The Hall–Kier alpha value is -0.970. The molecule has 5 nitrogen and oxygen atoms in total. The summed E-state index contributed by atoms with van der Waals surface area (Å²) in [5.41, 5.74) is 0. The molecule has 0 aliphatic rings. The van der Waals surface area contributed by atoms with E-state index in [4.69, 9.17) is 0 Å². The maximum atomic E-state index is 9.33. The summed E-state index contributed by atoms with van der Waals surface area (Å²) < 4.78 is 10.6. The molecule has 0 unspecified atom stereocenters. The van der Waals surface area contributed by atoms with Crippen molar-refractivity contribution in [1.29, 1.82) is 0 Å². The van der Waals surface area contributed by atoms with Crippen molar-refractivity contribution in [2.75, 3.05) is 0 Å². The Morgan fingerprint density at radius 2 is 1.67 bits per heavy atom. The minimum Gasteiger partial charge on any atom is -0.412 e. The molecule has 6 heavy (non-hydrogen) atoms. The highest BCUT2D eigenvalue weighted by molar-refractivity contribution is 4.14. The Kier molecular flexibility index (Phi) is 1.23. The molecular weight excluding hydrogens is 92.0 g/mol. The number of rotatable bonds is 0. The van der Waals surface area contributed by atoms with Crippen molar-refractivity contribution in [3.05, 3.63) is 10.6 Å². The fraction of sp³-hybridized carbons (Fsp3) is 0. The molecule has 0 aliphatic heterocycles. The first-order chi connectivity index (χ1) is 2.39. The van der Waals surface area contributed by atoms with Gasteiger partial charge >= 0.3 is 5.82 Å². The van der Waals surface area contributed by atoms with Crippen LogP contribution >= 0.6 is 0 Å². The summed E-state index contributed by atoms with van der Waals surface area (Å²) in [6.07, 6.45) is 0. The van der Waals surface area contributed by atoms with Crippen LogP contribution in [0.3, 0.4) is 0 Å². The summed E-state index contributed by atoms with van der Waals surface area (Å²) in [6, 6.07) is 0. The third kappa shape index (κ3) is 0.494. The topological polar surface area (TPSA) is 88.0 Å². The summed E-state index contributed by atoms with van der Waals surface area (Å²) in [5, 5.41) is 0. The van der Waals surface area contributed by atoms with E-state index in [1.54, 1.807) is 0 Å². The van der Waals surface area contributed by atoms with E-state index in [-0.39, 0.29) is 5.48 Å². The van der Waals surface area contributed by atoms with Crippen molar-refractivity contribution >= 4 is 0 Å². The van der Waals surface area contributed by atoms with Gasteiger partial charge in [-0.25, -0.2) is 0 Å². The molecule has 1 rings (SSSR count). The van der Waals surface area contributed by atoms with Crippen LogP contribution < -0.4 is 5.82 Å². The van der Waals surface area contributed by atoms with Crippen molar-refractivity contribution in [1.82, 2.24) is 0 Å². The van der Waals surface area contributed by atoms with Gasteiger partial charge in [0.2, 0.25) is 0 Å². The summed E-state index contributed by atoms with van der Waals surface area (Å²) >= 11 is 0. The smallest absolute Gasteiger partial charge is 0.412 e. The summed E-state index contributed by atoms with van der Waals surface area (Å²) in [5.74, 6) is -0.787. The van der Waals surface area contributed by atoms with E-state index in [1.807, 2.05) is 0 Å². The van der Waals surface area contributed by atoms with Gasteiger partial charge in [0, 0.05) is 0 Å². The third-order valence-electron chi connectivity index (χ3n) is 0.204. The molecule has 5 heteroatoms. The van der Waals surface area contributed by atoms with Crippen LogP contribution in [0.1, 0.15) is 0 Å². The molecule has 0 radical (unpaired) electrons. The van der Waals surface area contributed by atoms with E-state index in [0.717, 1.165) is 0 Å². The van der Waals surface area contributed by atoms with Gasteiger partial charge in [-0.15, -0.1) is 0 Å². The zero-order chi connectivity index (χ0) is 3.70. The second kappa shape index (κ2) is 1.46. The highest BCUT2D eigenvalue weighted by atomic mass is 17.3. The molecule has 36 valence electrons. The second-order valence-corrected chi connectivity index (χ2v) is 0.485. The lowest BCUT2D eigenvalue weighted by Crippen LogP contribution is -1.95. The molecule has 0 bridgehead atoms. The van der Waals surface area contributed by atoms with Gasteiger partial charge in [0.1, 0.15) is 0 Å². The Labute approximate surface area is 31.3 Å². The lowest BCUT2D eigenvalue weighted by Gasteiger charge is -1.68. The highest BCUT2D eigenvalue weighted by Crippen LogP contribution is 1.66. The molecule has 1 heterocycles. The molecule has 0 saturated heterocycles. The molecule has 0 aromatic carbocycles. The first-order valence-corrected chi connectivity index (χ1v) is 0.946. The predicted molar refractivity (Wildman–Crippen MR) is 13.1 cm³/mol. The molecule has 0 atom stereocenters. The van der Waals surface area contributed by atoms with Gasteiger partial charge in [0.05, 0.1) is 0 Å². The average molecular weight is 94.0 g/mol. The quantitative estimate of drug-likeness (QED) is 0.385. The van der Waals surface area contributed by atoms with Crippen LogP contribution in [-0.2, 0) is 0 Å². The van der Waals surface area contributed by atoms with Gasteiger partial charge in [0.25, 0.3) is 0 Å². The van der Waals surface area contributed by atoms with Crippen molar-refractivity contribution in [2.24, 2.45) is 0 Å². The highest BCUT2D eigenvalue weighted by Gasteiger charge is 1.85. The van der Waals surface area contributed by atoms with Gasteiger partial charge < -0.3 is 5.48 Å². The van der Waals surface area contributed by atoms with Crippen molar-refractivity contribution in [3.8, 4) is 0 Å². The lowest BCUT2D eigenvalue weighted by molar-refractivity contribution is -0.294. The monoisotopic (exact) mass is 94.0 g/mol. The Bertz CT molecular complexity index is 119. The van der Waals surface area contributed by atoms with E-state index in [2.05, 4.69) is 13.9 Å². The molecule has 0 spiro atoms. The van der Waals surface area contributed by atoms with E-state index < -0.39 is 5.82 Å². The average Bonchev–Trinajstić information content (AvgIpc) is 1.30. The maximum absolute atomic E-state index is 9.33. The zero-order valence-corrected chi connectivity index (χ0v) is 2.63. The van der Waals surface area contributed by atoms with Crippen molar-refractivity contribution < 1.29 is 19.4 Å². The largest absolute Gasteiger partial charge is 0.597 e. The second-order valence-electron chi connectivity index (χ2n) is 0.485. The van der Waals surface area contributed by atoms with E-state index in [0.29, 0.717) is 0 Å². The van der Waals surface area contributed by atoms with Gasteiger partial charge in [-0.2, -0.15) is 13.9 Å². The normalized spacial score (nSPS) is 7.33. The minimum absolute atomic E-state index is 0. The maximum Gasteiger partial charge on any atom is 0.597 e. The summed E-state index contributed by atoms with van der Waals surface area (Å²) in [7, 11) is 0. The van der Waals surface area contributed by atoms with Crippen LogP contribution in [-0.4, -0.2) is 5.48 Å². The van der Waals surface area contributed by atoms with Gasteiger partial charge in [-0.1, -0.05) is 4.74 Å². The minimum atomic E-state index is -0.787. The van der Waals surface area contributed by atoms with Crippen LogP contribution in [0.2, 0.25) is 0 Å². The van der Waals surface area contributed by atoms with Crippen LogP contribution in [0.5, 0.6) is 0 Å². The lowest BCUT2D eigenvalue weighted by atomic mass is 11.6. The van der Waals surface area contributed by atoms with Gasteiger partial charge in [-0.3, -0.25) is 0 Å². The van der Waals surface area contributed by atoms with Crippen LogP contribution in [0, 0.1) is 0 Å². The predicted octanol–water partition coefficient (Wildman–Crippen LogP) is -0.999. The van der Waals surface area contributed by atoms with E-state index in [9.17, 15) is 4.79 Å². The van der Waals surface area contributed by atoms with Crippen molar-refractivity contribution in [2.45, 2.75) is 0 Å². The molecule has 0 saturated carbocycles. The van der Waals surface area contributed by atoms with E-state index in [1.165, 1.54) is 0 Å². The molecule has 0 aliphatic carbocycles. The van der Waals surface area contributed by atoms with Gasteiger partial charge in [0.15, 0.2) is 0 Å². The molecular formula is CH2O5. The van der Waals surface area contributed by atoms with Crippen LogP contribution in [0.4, 0.5) is 0 Å². The first-order valence-electron chi connectivity index (χ1n) is 0.946. The molecule has 2 N–H and O–H groups in total. The van der Waals surface area contributed by atoms with Crippen LogP contribution in [0.25, 0.3) is 0 Å². The van der Waals surface area contributed by atoms with Crippen LogP contribution in [0.15, 0.2) is 18.7 Å². The van der Waals surface area contributed by atoms with Crippen molar-refractivity contribution in [3.63, 3.8) is 0 Å². The third-order valence-corrected chi connectivity index (χ3v) is 0.204. The standard InChI is InChI=1S/CO4.H2O/c2-1-3-5-4-1;/h;1H2. The molecule has 1 aromatic rings. The zero-order valence-electron chi connectivity index (χ0n) is 2.63. The summed E-state index contributed by atoms with van der Waals surface area (Å²) in [6.45, 7) is 0. The fourth-order valence-electron chi connectivity index (χ4n) is 0.0618. The number of hydrogen-bond donors (Lipinski definition) is 0. The molecule has 0 fully saturated rings. The first kappa shape index (κ1) is 5.03. The summed E-state index contributed by atoms with van der Waals surface area (Å²) in [4.78, 5) is 9.33. The number of hydrogen-bond acceptors (Lipinski definition) is 4. The Morgan fingerprint density at radius 3 is 1.67 bits per heavy atom. The molecule has 1 aromatic heterocycles. The van der Waals surface area contributed by atoms with E-state index >= 15 is 0 Å².